The molecule has 4 N–H and O–H groups in total. The molecule has 4 rings (SSSR count). The number of halogens is 1. The maximum absolute atomic E-state index is 13.1. The number of amides is 2. The van der Waals surface area contributed by atoms with E-state index in [9.17, 15) is 14.4 Å². The van der Waals surface area contributed by atoms with Crippen molar-refractivity contribution in [3.63, 3.8) is 0 Å². The third-order valence-corrected chi connectivity index (χ3v) is 6.99. The molecule has 0 spiro atoms. The first-order valence-corrected chi connectivity index (χ1v) is 13.2. The molecule has 2 amide bonds. The van der Waals surface area contributed by atoms with Crippen molar-refractivity contribution < 1.29 is 23.9 Å². The number of nitrogens with one attached hydrogen (secondary N) is 2. The summed E-state index contributed by atoms with van der Waals surface area (Å²) < 4.78 is 10.8. The number of nitrogens with zero attached hydrogens (tertiary/aromatic N) is 1. The second-order valence-electron chi connectivity index (χ2n) is 9.77. The highest BCUT2D eigenvalue weighted by Crippen LogP contribution is 2.29. The van der Waals surface area contributed by atoms with Crippen molar-refractivity contribution in [3.05, 3.63) is 95.6 Å². The standard InChI is InChI=1S/C31H34N4O5.ClH/c1-39-28(36)19-24-18-26(35(31(24)38)17-5-8-21-6-3-2-4-7-21)20-40-27-15-11-23(12-16-27)30(37)34-25-13-9-22(10-14-25)29(32)33;/h2-4,6-7,9-16,24,26H,5,8,17-20H2,1H3,(H3,32,33)(H,34,37);1H/t24-,26-;/m0./s1. The van der Waals surface area contributed by atoms with Crippen molar-refractivity contribution in [2.75, 3.05) is 25.6 Å². The second kappa shape index (κ2) is 14.9. The summed E-state index contributed by atoms with van der Waals surface area (Å²) in [5.74, 6) is -0.601. The molecule has 10 heteroatoms. The number of aryl methyl sites for hydroxylation is 1. The number of carbonyl (C=O) groups excluding carboxylic acids is 3. The lowest BCUT2D eigenvalue weighted by Gasteiger charge is -2.25. The van der Waals surface area contributed by atoms with Gasteiger partial charge in [0.25, 0.3) is 5.91 Å². The van der Waals surface area contributed by atoms with Crippen LogP contribution in [0.4, 0.5) is 5.69 Å². The predicted molar refractivity (Wildman–Crippen MR) is 160 cm³/mol. The number of rotatable bonds is 12. The van der Waals surface area contributed by atoms with Gasteiger partial charge in [-0.25, -0.2) is 0 Å². The minimum absolute atomic E-state index is 0. The number of methoxy groups -OCH3 is 1. The normalized spacial score (nSPS) is 16.0. The van der Waals surface area contributed by atoms with E-state index in [4.69, 9.17) is 20.6 Å². The van der Waals surface area contributed by atoms with E-state index in [1.807, 2.05) is 23.1 Å². The maximum Gasteiger partial charge on any atom is 0.306 e. The monoisotopic (exact) mass is 578 g/mol. The summed E-state index contributed by atoms with van der Waals surface area (Å²) in [5.41, 5.74) is 8.31. The number of hydrogen-bond acceptors (Lipinski definition) is 6. The van der Waals surface area contributed by atoms with Gasteiger partial charge in [-0.2, -0.15) is 0 Å². The van der Waals surface area contributed by atoms with Gasteiger partial charge in [0.1, 0.15) is 18.2 Å². The van der Waals surface area contributed by atoms with Crippen LogP contribution in [0, 0.1) is 11.3 Å². The third kappa shape index (κ3) is 8.56. The molecule has 1 saturated heterocycles. The Morgan fingerprint density at radius 2 is 1.66 bits per heavy atom. The second-order valence-corrected chi connectivity index (χ2v) is 9.77. The van der Waals surface area contributed by atoms with Gasteiger partial charge in [-0.15, -0.1) is 12.4 Å². The van der Waals surface area contributed by atoms with Crippen molar-refractivity contribution in [3.8, 4) is 5.75 Å². The summed E-state index contributed by atoms with van der Waals surface area (Å²) in [6.45, 7) is 0.856. The maximum atomic E-state index is 13.1. The van der Waals surface area contributed by atoms with E-state index in [-0.39, 0.29) is 49.1 Å². The van der Waals surface area contributed by atoms with Crippen LogP contribution >= 0.6 is 12.4 Å². The zero-order valence-electron chi connectivity index (χ0n) is 22.9. The number of nitrogens with two attached hydrogens (primary N) is 1. The Labute approximate surface area is 245 Å². The minimum Gasteiger partial charge on any atom is -0.491 e. The fourth-order valence-electron chi connectivity index (χ4n) is 4.81. The molecule has 0 saturated carbocycles. The van der Waals surface area contributed by atoms with Crippen LogP contribution < -0.4 is 15.8 Å². The highest BCUT2D eigenvalue weighted by molar-refractivity contribution is 6.04. The number of nitrogen functional groups attached to an aromatic ring is 1. The van der Waals surface area contributed by atoms with Crippen LogP contribution in [0.5, 0.6) is 5.75 Å². The van der Waals surface area contributed by atoms with Crippen molar-refractivity contribution in [1.29, 1.82) is 5.41 Å². The van der Waals surface area contributed by atoms with Crippen LogP contribution in [-0.4, -0.2) is 54.8 Å². The third-order valence-electron chi connectivity index (χ3n) is 6.99. The molecule has 2 atom stereocenters. The molecule has 0 aromatic heterocycles. The lowest BCUT2D eigenvalue weighted by Crippen LogP contribution is -2.38. The van der Waals surface area contributed by atoms with Crippen LogP contribution in [-0.2, 0) is 20.7 Å². The van der Waals surface area contributed by atoms with Crippen molar-refractivity contribution in [2.45, 2.75) is 31.7 Å². The van der Waals surface area contributed by atoms with Gasteiger partial charge in [0, 0.05) is 23.4 Å². The van der Waals surface area contributed by atoms with Gasteiger partial charge in [0.15, 0.2) is 0 Å². The van der Waals surface area contributed by atoms with E-state index in [2.05, 4.69) is 17.4 Å². The van der Waals surface area contributed by atoms with E-state index in [1.54, 1.807) is 48.5 Å². The number of benzene rings is 3. The fourth-order valence-corrected chi connectivity index (χ4v) is 4.81. The first kappa shape index (κ1) is 31.2. The van der Waals surface area contributed by atoms with Crippen LogP contribution in [0.2, 0.25) is 0 Å². The number of ether oxygens (including phenoxy) is 2. The molecular weight excluding hydrogens is 544 g/mol. The molecule has 41 heavy (non-hydrogen) atoms. The van der Waals surface area contributed by atoms with Crippen molar-refractivity contribution in [1.82, 2.24) is 4.90 Å². The number of carbonyl (C=O) groups is 3. The Morgan fingerprint density at radius 3 is 2.29 bits per heavy atom. The number of esters is 1. The predicted octanol–water partition coefficient (Wildman–Crippen LogP) is 4.44. The van der Waals surface area contributed by atoms with E-state index in [0.29, 0.717) is 35.5 Å². The molecule has 0 radical (unpaired) electrons. The van der Waals surface area contributed by atoms with Gasteiger partial charge in [-0.05, 0) is 73.4 Å². The Kier molecular flexibility index (Phi) is 11.3. The van der Waals surface area contributed by atoms with E-state index in [0.717, 1.165) is 12.8 Å². The summed E-state index contributed by atoms with van der Waals surface area (Å²) in [4.78, 5) is 39.5. The summed E-state index contributed by atoms with van der Waals surface area (Å²) >= 11 is 0. The zero-order chi connectivity index (χ0) is 28.5. The number of amidine groups is 1. The van der Waals surface area contributed by atoms with Crippen molar-refractivity contribution >= 4 is 41.7 Å². The number of likely N-dealkylation sites (tertiary alicyclic amines) is 1. The molecule has 0 aliphatic carbocycles. The molecule has 0 unspecified atom stereocenters. The minimum atomic E-state index is -0.423. The highest BCUT2D eigenvalue weighted by Gasteiger charge is 2.40. The van der Waals surface area contributed by atoms with Gasteiger partial charge >= 0.3 is 5.97 Å². The average molecular weight is 579 g/mol. The van der Waals surface area contributed by atoms with Gasteiger partial charge in [-0.1, -0.05) is 30.3 Å². The summed E-state index contributed by atoms with van der Waals surface area (Å²) in [6.07, 6.45) is 2.23. The van der Waals surface area contributed by atoms with Crippen LogP contribution in [0.3, 0.4) is 0 Å². The highest BCUT2D eigenvalue weighted by atomic mass is 35.5. The van der Waals surface area contributed by atoms with Gasteiger partial charge in [0.2, 0.25) is 5.91 Å². The molecule has 0 bridgehead atoms. The fraction of sp³-hybridized carbons (Fsp3) is 0.290. The molecule has 216 valence electrons. The zero-order valence-corrected chi connectivity index (χ0v) is 23.7. The Hall–Kier alpha value is -4.37. The molecule has 1 aliphatic heterocycles. The van der Waals surface area contributed by atoms with E-state index < -0.39 is 11.9 Å². The largest absolute Gasteiger partial charge is 0.491 e. The van der Waals surface area contributed by atoms with E-state index >= 15 is 0 Å². The molecule has 1 heterocycles. The summed E-state index contributed by atoms with van der Waals surface area (Å²) in [6, 6.07) is 23.5. The summed E-state index contributed by atoms with van der Waals surface area (Å²) in [5, 5.41) is 10.3. The average Bonchev–Trinajstić information content (AvgIpc) is 3.26. The number of anilines is 1. The number of hydrogen-bond donors (Lipinski definition) is 3. The molecule has 1 aliphatic rings. The van der Waals surface area contributed by atoms with Crippen LogP contribution in [0.15, 0.2) is 78.9 Å². The van der Waals surface area contributed by atoms with Gasteiger partial charge < -0.3 is 25.4 Å². The lowest BCUT2D eigenvalue weighted by molar-refractivity contribution is -0.144. The first-order valence-electron chi connectivity index (χ1n) is 13.2. The Balaban J connectivity index is 0.00000462. The molecular formula is C31H35ClN4O5. The Morgan fingerprint density at radius 1 is 1.00 bits per heavy atom. The molecule has 1 fully saturated rings. The van der Waals surface area contributed by atoms with Crippen LogP contribution in [0.1, 0.15) is 40.7 Å². The van der Waals surface area contributed by atoms with Gasteiger partial charge in [0.05, 0.1) is 25.5 Å². The smallest absolute Gasteiger partial charge is 0.306 e. The quantitative estimate of drug-likeness (QED) is 0.165. The van der Waals surface area contributed by atoms with Crippen LogP contribution in [0.25, 0.3) is 0 Å². The van der Waals surface area contributed by atoms with E-state index in [1.165, 1.54) is 12.7 Å². The molecule has 9 nitrogen and oxygen atoms in total. The van der Waals surface area contributed by atoms with Gasteiger partial charge in [-0.3, -0.25) is 19.8 Å². The molecule has 3 aromatic rings. The topological polar surface area (TPSA) is 135 Å². The Bertz CT molecular complexity index is 1330. The lowest BCUT2D eigenvalue weighted by atomic mass is 10.0. The first-order chi connectivity index (χ1) is 19.3. The van der Waals surface area contributed by atoms with Crippen molar-refractivity contribution in [2.24, 2.45) is 11.7 Å². The SMILES string of the molecule is COC(=O)C[C@@H]1C[C@@H](COc2ccc(C(=O)Nc3ccc(C(=N)N)cc3)cc2)N(CCCc2ccccc2)C1=O.Cl. The summed E-state index contributed by atoms with van der Waals surface area (Å²) in [7, 11) is 1.33. The molecule has 3 aromatic carbocycles.